The second kappa shape index (κ2) is 15.6. The summed E-state index contributed by atoms with van der Waals surface area (Å²) in [6, 6.07) is 0. The normalized spacial score (nSPS) is 21.3. The summed E-state index contributed by atoms with van der Waals surface area (Å²) in [6.45, 7) is 8.88. The van der Waals surface area contributed by atoms with E-state index < -0.39 is 0 Å². The molecule has 2 unspecified atom stereocenters. The lowest BCUT2D eigenvalue weighted by atomic mass is 10.1. The van der Waals surface area contributed by atoms with Crippen LogP contribution in [0.1, 0.15) is 97.8 Å². The molecule has 0 aliphatic carbocycles. The van der Waals surface area contributed by atoms with Crippen LogP contribution in [0.5, 0.6) is 0 Å². The van der Waals surface area contributed by atoms with Crippen molar-refractivity contribution in [2.75, 3.05) is 19.6 Å². The minimum Gasteiger partial charge on any atom is -0.351 e. The highest BCUT2D eigenvalue weighted by molar-refractivity contribution is 5.72. The lowest BCUT2D eigenvalue weighted by Gasteiger charge is -2.37. The maximum absolute atomic E-state index is 11.1. The molecule has 0 saturated carbocycles. The average molecular weight is 393 g/mol. The van der Waals surface area contributed by atoms with Crippen molar-refractivity contribution in [3.05, 3.63) is 24.6 Å². The van der Waals surface area contributed by atoms with Crippen LogP contribution in [0.3, 0.4) is 0 Å². The Hall–Kier alpha value is -1.29. The molecule has 0 radical (unpaired) electrons. The fourth-order valence-corrected chi connectivity index (χ4v) is 4.09. The predicted molar refractivity (Wildman–Crippen MR) is 121 cm³/mol. The van der Waals surface area contributed by atoms with Gasteiger partial charge < -0.3 is 10.6 Å². The van der Waals surface area contributed by atoms with E-state index in [9.17, 15) is 4.79 Å². The van der Waals surface area contributed by atoms with Crippen molar-refractivity contribution in [1.29, 1.82) is 0 Å². The van der Waals surface area contributed by atoms with Crippen molar-refractivity contribution < 1.29 is 9.28 Å². The Bertz CT molecular complexity index is 461. The van der Waals surface area contributed by atoms with Crippen LogP contribution in [0.25, 0.3) is 0 Å². The Morgan fingerprint density at radius 2 is 1.64 bits per heavy atom. The van der Waals surface area contributed by atoms with Crippen molar-refractivity contribution in [3.8, 4) is 0 Å². The van der Waals surface area contributed by atoms with E-state index in [1.165, 1.54) is 77.0 Å². The zero-order valence-electron chi connectivity index (χ0n) is 18.8. The SMILES string of the molecule is CCCC/C=C/CCCCCCCCCC1NC=C[N+]1(CC)CCNC(C)=O. The number of unbranched alkanes of at least 4 members (excludes halogenated alkanes) is 9. The first-order valence-corrected chi connectivity index (χ1v) is 11.8. The van der Waals surface area contributed by atoms with Gasteiger partial charge in [0.05, 0.1) is 19.3 Å². The van der Waals surface area contributed by atoms with E-state index in [2.05, 4.69) is 49.0 Å². The lowest BCUT2D eigenvalue weighted by molar-refractivity contribution is -0.898. The molecule has 2 N–H and O–H groups in total. The van der Waals surface area contributed by atoms with Gasteiger partial charge in [-0.25, -0.2) is 0 Å². The first-order chi connectivity index (χ1) is 13.6. The summed E-state index contributed by atoms with van der Waals surface area (Å²) in [5, 5.41) is 6.50. The van der Waals surface area contributed by atoms with E-state index in [1.807, 2.05) is 0 Å². The van der Waals surface area contributed by atoms with Crippen LogP contribution in [0.2, 0.25) is 0 Å². The third-order valence-corrected chi connectivity index (χ3v) is 6.01. The van der Waals surface area contributed by atoms with Gasteiger partial charge in [0.25, 0.3) is 0 Å². The second-order valence-electron chi connectivity index (χ2n) is 8.29. The van der Waals surface area contributed by atoms with Crippen LogP contribution in [-0.4, -0.2) is 36.2 Å². The second-order valence-corrected chi connectivity index (χ2v) is 8.29. The molecule has 1 heterocycles. The van der Waals surface area contributed by atoms with E-state index >= 15 is 0 Å². The summed E-state index contributed by atoms with van der Waals surface area (Å²) in [6.07, 6.45) is 25.5. The van der Waals surface area contributed by atoms with Gasteiger partial charge in [-0.3, -0.25) is 9.28 Å². The number of amides is 1. The predicted octanol–water partition coefficient (Wildman–Crippen LogP) is 5.62. The molecule has 0 spiro atoms. The Balaban J connectivity index is 2.05. The van der Waals surface area contributed by atoms with Crippen molar-refractivity contribution in [2.24, 2.45) is 0 Å². The molecule has 1 aliphatic rings. The summed E-state index contributed by atoms with van der Waals surface area (Å²) in [7, 11) is 0. The number of carbonyl (C=O) groups excluding carboxylic acids is 1. The fraction of sp³-hybridized carbons (Fsp3) is 0.792. The minimum absolute atomic E-state index is 0.0643. The van der Waals surface area contributed by atoms with Crippen molar-refractivity contribution in [2.45, 2.75) is 104 Å². The molecule has 1 aliphatic heterocycles. The Morgan fingerprint density at radius 1 is 1.00 bits per heavy atom. The van der Waals surface area contributed by atoms with E-state index in [-0.39, 0.29) is 5.91 Å². The maximum atomic E-state index is 11.1. The number of nitrogens with zero attached hydrogens (tertiary/aromatic N) is 1. The van der Waals surface area contributed by atoms with Gasteiger partial charge in [-0.15, -0.1) is 0 Å². The average Bonchev–Trinajstić information content (AvgIpc) is 3.08. The molecule has 1 rings (SSSR count). The van der Waals surface area contributed by atoms with Gasteiger partial charge in [0, 0.05) is 13.3 Å². The summed E-state index contributed by atoms with van der Waals surface area (Å²) < 4.78 is 0.950. The van der Waals surface area contributed by atoms with E-state index in [0.717, 1.165) is 24.1 Å². The largest absolute Gasteiger partial charge is 0.351 e. The third kappa shape index (κ3) is 10.3. The van der Waals surface area contributed by atoms with Gasteiger partial charge in [-0.2, -0.15) is 0 Å². The smallest absolute Gasteiger partial charge is 0.217 e. The monoisotopic (exact) mass is 392 g/mol. The summed E-state index contributed by atoms with van der Waals surface area (Å²) in [5.74, 6) is 0.0643. The van der Waals surface area contributed by atoms with Gasteiger partial charge in [-0.1, -0.05) is 64.0 Å². The van der Waals surface area contributed by atoms with E-state index in [4.69, 9.17) is 0 Å². The molecule has 0 bridgehead atoms. The van der Waals surface area contributed by atoms with Crippen LogP contribution < -0.4 is 10.6 Å². The van der Waals surface area contributed by atoms with Gasteiger partial charge >= 0.3 is 0 Å². The molecule has 4 heteroatoms. The molecular formula is C24H46N3O+. The van der Waals surface area contributed by atoms with Crippen LogP contribution in [0.4, 0.5) is 0 Å². The minimum atomic E-state index is 0.0643. The van der Waals surface area contributed by atoms with E-state index in [1.54, 1.807) is 6.92 Å². The molecular weight excluding hydrogens is 346 g/mol. The molecule has 0 aromatic rings. The Morgan fingerprint density at radius 3 is 2.29 bits per heavy atom. The Kier molecular flexibility index (Phi) is 13.8. The lowest BCUT2D eigenvalue weighted by Crippen LogP contribution is -2.55. The maximum Gasteiger partial charge on any atom is 0.217 e. The van der Waals surface area contributed by atoms with E-state index in [0.29, 0.717) is 6.17 Å². The molecule has 28 heavy (non-hydrogen) atoms. The van der Waals surface area contributed by atoms with Gasteiger partial charge in [0.2, 0.25) is 5.91 Å². The van der Waals surface area contributed by atoms with Crippen LogP contribution >= 0.6 is 0 Å². The number of hydrogen-bond acceptors (Lipinski definition) is 2. The van der Waals surface area contributed by atoms with Crippen molar-refractivity contribution in [3.63, 3.8) is 0 Å². The van der Waals surface area contributed by atoms with Gasteiger partial charge in [0.1, 0.15) is 12.7 Å². The van der Waals surface area contributed by atoms with Crippen molar-refractivity contribution >= 4 is 5.91 Å². The molecule has 1 amide bonds. The first-order valence-electron chi connectivity index (χ1n) is 11.8. The number of likely N-dealkylation sites (N-methyl/N-ethyl adjacent to an activating group) is 1. The summed E-state index contributed by atoms with van der Waals surface area (Å²) in [5.41, 5.74) is 0. The molecule has 0 aromatic carbocycles. The third-order valence-electron chi connectivity index (χ3n) is 6.01. The van der Waals surface area contributed by atoms with Gasteiger partial charge in [-0.05, 0) is 32.6 Å². The number of rotatable bonds is 17. The number of carbonyl (C=O) groups is 1. The molecule has 0 aromatic heterocycles. The number of quaternary nitrogens is 1. The highest BCUT2D eigenvalue weighted by Crippen LogP contribution is 2.23. The highest BCUT2D eigenvalue weighted by atomic mass is 16.1. The molecule has 0 fully saturated rings. The molecule has 4 nitrogen and oxygen atoms in total. The number of nitrogens with one attached hydrogen (secondary N) is 2. The number of hydrogen-bond donors (Lipinski definition) is 2. The molecule has 0 saturated heterocycles. The zero-order chi connectivity index (χ0) is 20.5. The van der Waals surface area contributed by atoms with Crippen LogP contribution in [0.15, 0.2) is 24.6 Å². The summed E-state index contributed by atoms with van der Waals surface area (Å²) >= 11 is 0. The summed E-state index contributed by atoms with van der Waals surface area (Å²) in [4.78, 5) is 11.1. The number of allylic oxidation sites excluding steroid dienone is 2. The van der Waals surface area contributed by atoms with Gasteiger partial charge in [0.15, 0.2) is 6.17 Å². The zero-order valence-corrected chi connectivity index (χ0v) is 18.8. The highest BCUT2D eigenvalue weighted by Gasteiger charge is 2.36. The topological polar surface area (TPSA) is 41.1 Å². The Labute approximate surface area is 174 Å². The molecule has 2 atom stereocenters. The first kappa shape index (κ1) is 24.7. The fourth-order valence-electron chi connectivity index (χ4n) is 4.09. The standard InChI is InChI=1S/C24H45N3O/c1-4-6-7-8-9-10-11-12-13-14-15-16-17-18-24-26-20-22-27(24,5-2)21-19-25-23(3)28/h8-9,20,22,24,26H,4-7,10-19,21H2,1-3H3/p+1/b9-8+. The van der Waals surface area contributed by atoms with Crippen LogP contribution in [-0.2, 0) is 4.79 Å². The quantitative estimate of drug-likeness (QED) is 0.192. The molecule has 162 valence electrons. The van der Waals surface area contributed by atoms with Crippen LogP contribution in [0, 0.1) is 0 Å². The van der Waals surface area contributed by atoms with Crippen molar-refractivity contribution in [1.82, 2.24) is 10.6 Å².